The van der Waals surface area contributed by atoms with Crippen molar-refractivity contribution in [1.29, 1.82) is 0 Å². The zero-order chi connectivity index (χ0) is 15.4. The van der Waals surface area contributed by atoms with Gasteiger partial charge in [0.1, 0.15) is 0 Å². The van der Waals surface area contributed by atoms with Crippen molar-refractivity contribution in [1.82, 2.24) is 0 Å². The minimum absolute atomic E-state index is 1.13. The lowest BCUT2D eigenvalue weighted by Gasteiger charge is -2.13. The second-order valence-electron chi connectivity index (χ2n) is 5.86. The molecule has 0 fully saturated rings. The fraction of sp³-hybridized carbons (Fsp3) is 0.100. The topological polar surface area (TPSA) is 0 Å². The van der Waals surface area contributed by atoms with E-state index in [1.165, 1.54) is 43.4 Å². The minimum Gasteiger partial charge on any atom is -0.0526 e. The third kappa shape index (κ3) is 2.09. The lowest BCUT2D eigenvalue weighted by Crippen LogP contribution is -1.87. The molecule has 0 nitrogen and oxygen atoms in total. The summed E-state index contributed by atoms with van der Waals surface area (Å²) in [5, 5.41) is 7.95. The van der Waals surface area contributed by atoms with Gasteiger partial charge in [0.25, 0.3) is 0 Å². The summed E-state index contributed by atoms with van der Waals surface area (Å²) in [6.45, 7) is 4.39. The lowest BCUT2D eigenvalue weighted by molar-refractivity contribution is 1.53. The summed E-state index contributed by atoms with van der Waals surface area (Å²) >= 11 is 7.18. The number of benzene rings is 4. The first-order valence-corrected chi connectivity index (χ1v) is 8.84. The van der Waals surface area contributed by atoms with E-state index in [4.69, 9.17) is 0 Å². The van der Waals surface area contributed by atoms with E-state index in [0.717, 1.165) is 8.95 Å². The highest BCUT2D eigenvalue weighted by Crippen LogP contribution is 2.36. The lowest BCUT2D eigenvalue weighted by atomic mass is 9.92. The standard InChI is InChI=1S/C20H14Br2/c1-11-7-19-16-6-4-14(22)10-18(16)12(2)8-20(19)15-5-3-13(21)9-17(11)15/h3-10H,1-2H3. The molecule has 22 heavy (non-hydrogen) atoms. The van der Waals surface area contributed by atoms with Gasteiger partial charge in [-0.1, -0.05) is 56.1 Å². The van der Waals surface area contributed by atoms with Crippen LogP contribution in [0.4, 0.5) is 0 Å². The Bertz CT molecular complexity index is 975. The molecule has 0 bridgehead atoms. The summed E-state index contributed by atoms with van der Waals surface area (Å²) in [4.78, 5) is 0. The van der Waals surface area contributed by atoms with Gasteiger partial charge in [0, 0.05) is 8.95 Å². The molecule has 0 saturated carbocycles. The summed E-state index contributed by atoms with van der Waals surface area (Å²) in [5.74, 6) is 0. The second kappa shape index (κ2) is 5.07. The molecule has 0 unspecified atom stereocenters. The first-order chi connectivity index (χ1) is 10.5. The molecule has 108 valence electrons. The normalized spacial score (nSPS) is 11.6. The van der Waals surface area contributed by atoms with Crippen molar-refractivity contribution in [3.05, 3.63) is 68.6 Å². The number of fused-ring (bicyclic) bond motifs is 5. The number of rotatable bonds is 0. The van der Waals surface area contributed by atoms with Crippen LogP contribution in [0.15, 0.2) is 57.5 Å². The third-order valence-electron chi connectivity index (χ3n) is 4.41. The van der Waals surface area contributed by atoms with Crippen molar-refractivity contribution in [2.24, 2.45) is 0 Å². The smallest absolute Gasteiger partial charge is 0.0181 e. The average Bonchev–Trinajstić information content (AvgIpc) is 2.49. The Morgan fingerprint density at radius 3 is 1.32 bits per heavy atom. The summed E-state index contributed by atoms with van der Waals surface area (Å²) in [7, 11) is 0. The van der Waals surface area contributed by atoms with Gasteiger partial charge in [0.05, 0.1) is 0 Å². The highest BCUT2D eigenvalue weighted by atomic mass is 79.9. The van der Waals surface area contributed by atoms with Crippen molar-refractivity contribution in [2.75, 3.05) is 0 Å². The zero-order valence-electron chi connectivity index (χ0n) is 12.4. The predicted molar refractivity (Wildman–Crippen MR) is 104 cm³/mol. The summed E-state index contributed by atoms with van der Waals surface area (Å²) in [5.41, 5.74) is 2.63. The highest BCUT2D eigenvalue weighted by Gasteiger charge is 2.10. The predicted octanol–water partition coefficient (Wildman–Crippen LogP) is 7.29. The van der Waals surface area contributed by atoms with Gasteiger partial charge in [-0.15, -0.1) is 0 Å². The van der Waals surface area contributed by atoms with Gasteiger partial charge in [0.2, 0.25) is 0 Å². The molecular weight excluding hydrogens is 400 g/mol. The fourth-order valence-corrected chi connectivity index (χ4v) is 4.07. The molecule has 0 aliphatic heterocycles. The van der Waals surface area contributed by atoms with Crippen molar-refractivity contribution < 1.29 is 0 Å². The molecule has 0 N–H and O–H groups in total. The van der Waals surface area contributed by atoms with Gasteiger partial charge in [-0.05, 0) is 81.6 Å². The molecule has 4 aromatic carbocycles. The molecule has 4 rings (SSSR count). The summed E-state index contributed by atoms with van der Waals surface area (Å²) in [6.07, 6.45) is 0. The maximum absolute atomic E-state index is 3.59. The van der Waals surface area contributed by atoms with Crippen LogP contribution in [-0.2, 0) is 0 Å². The molecule has 0 aliphatic rings. The van der Waals surface area contributed by atoms with E-state index in [-0.39, 0.29) is 0 Å². The van der Waals surface area contributed by atoms with E-state index in [1.807, 2.05) is 0 Å². The maximum atomic E-state index is 3.59. The van der Waals surface area contributed by atoms with Crippen LogP contribution in [-0.4, -0.2) is 0 Å². The monoisotopic (exact) mass is 412 g/mol. The molecule has 0 amide bonds. The Morgan fingerprint density at radius 1 is 0.500 bits per heavy atom. The molecule has 4 aromatic rings. The zero-order valence-corrected chi connectivity index (χ0v) is 15.5. The van der Waals surface area contributed by atoms with Crippen LogP contribution in [0, 0.1) is 13.8 Å². The van der Waals surface area contributed by atoms with Crippen LogP contribution in [0.2, 0.25) is 0 Å². The summed E-state index contributed by atoms with van der Waals surface area (Å²) < 4.78 is 2.26. The van der Waals surface area contributed by atoms with Gasteiger partial charge >= 0.3 is 0 Å². The minimum atomic E-state index is 1.13. The van der Waals surface area contributed by atoms with Crippen molar-refractivity contribution >= 4 is 64.2 Å². The molecular formula is C20H14Br2. The van der Waals surface area contributed by atoms with Gasteiger partial charge in [-0.3, -0.25) is 0 Å². The largest absolute Gasteiger partial charge is 0.0526 e. The molecule has 0 saturated heterocycles. The molecule has 0 heterocycles. The van der Waals surface area contributed by atoms with Crippen LogP contribution in [0.5, 0.6) is 0 Å². The molecule has 2 heteroatoms. The van der Waals surface area contributed by atoms with E-state index in [1.54, 1.807) is 0 Å². The van der Waals surface area contributed by atoms with Crippen LogP contribution >= 0.6 is 31.9 Å². The summed E-state index contributed by atoms with van der Waals surface area (Å²) in [6, 6.07) is 17.8. The Labute approximate surface area is 146 Å². The van der Waals surface area contributed by atoms with Gasteiger partial charge in [-0.25, -0.2) is 0 Å². The molecule has 0 aliphatic carbocycles. The Kier molecular flexibility index (Phi) is 3.28. The fourth-order valence-electron chi connectivity index (χ4n) is 3.34. The highest BCUT2D eigenvalue weighted by molar-refractivity contribution is 9.10. The Balaban J connectivity index is 2.30. The van der Waals surface area contributed by atoms with E-state index in [2.05, 4.69) is 94.2 Å². The molecule has 0 aromatic heterocycles. The van der Waals surface area contributed by atoms with Crippen LogP contribution in [0.3, 0.4) is 0 Å². The molecule has 0 spiro atoms. The van der Waals surface area contributed by atoms with Crippen molar-refractivity contribution in [3.8, 4) is 0 Å². The van der Waals surface area contributed by atoms with E-state index in [0.29, 0.717) is 0 Å². The van der Waals surface area contributed by atoms with Gasteiger partial charge in [0.15, 0.2) is 0 Å². The Hall–Kier alpha value is -1.38. The number of aryl methyl sites for hydroxylation is 2. The van der Waals surface area contributed by atoms with Crippen LogP contribution in [0.25, 0.3) is 32.3 Å². The number of hydrogen-bond donors (Lipinski definition) is 0. The second-order valence-corrected chi connectivity index (χ2v) is 7.69. The Morgan fingerprint density at radius 2 is 0.909 bits per heavy atom. The number of hydrogen-bond acceptors (Lipinski definition) is 0. The van der Waals surface area contributed by atoms with E-state index < -0.39 is 0 Å². The van der Waals surface area contributed by atoms with Crippen molar-refractivity contribution in [3.63, 3.8) is 0 Å². The molecule has 0 atom stereocenters. The molecule has 0 radical (unpaired) electrons. The quantitative estimate of drug-likeness (QED) is 0.265. The number of halogens is 2. The first-order valence-electron chi connectivity index (χ1n) is 7.26. The van der Waals surface area contributed by atoms with E-state index >= 15 is 0 Å². The van der Waals surface area contributed by atoms with Crippen molar-refractivity contribution in [2.45, 2.75) is 13.8 Å². The van der Waals surface area contributed by atoms with Crippen LogP contribution in [0.1, 0.15) is 11.1 Å². The first kappa shape index (κ1) is 14.2. The van der Waals surface area contributed by atoms with Crippen LogP contribution < -0.4 is 0 Å². The van der Waals surface area contributed by atoms with Gasteiger partial charge in [-0.2, -0.15) is 0 Å². The maximum Gasteiger partial charge on any atom is 0.0181 e. The SMILES string of the molecule is Cc1cc2c3ccc(Br)cc3c(C)cc2c2ccc(Br)cc12. The third-order valence-corrected chi connectivity index (χ3v) is 5.39. The van der Waals surface area contributed by atoms with E-state index in [9.17, 15) is 0 Å². The average molecular weight is 414 g/mol. The van der Waals surface area contributed by atoms with Gasteiger partial charge < -0.3 is 0 Å².